The molecule has 1 N–H and O–H groups in total. The van der Waals surface area contributed by atoms with E-state index in [4.69, 9.17) is 4.74 Å². The van der Waals surface area contributed by atoms with Crippen molar-refractivity contribution in [1.82, 2.24) is 15.2 Å². The first-order valence-electron chi connectivity index (χ1n) is 10.3. The second-order valence-corrected chi connectivity index (χ2v) is 8.61. The van der Waals surface area contributed by atoms with E-state index in [9.17, 15) is 9.18 Å². The van der Waals surface area contributed by atoms with E-state index < -0.39 is 5.54 Å². The number of amides is 1. The molecule has 2 aliphatic rings. The molecule has 1 aromatic heterocycles. The van der Waals surface area contributed by atoms with E-state index in [1.807, 2.05) is 19.2 Å². The topological polar surface area (TPSA) is 54.5 Å². The van der Waals surface area contributed by atoms with Crippen LogP contribution in [-0.4, -0.2) is 41.5 Å². The van der Waals surface area contributed by atoms with Gasteiger partial charge in [-0.05, 0) is 61.1 Å². The number of hydrogen-bond donors (Lipinski definition) is 1. The van der Waals surface area contributed by atoms with Crippen LogP contribution < -0.4 is 10.1 Å². The molecule has 1 aromatic carbocycles. The van der Waals surface area contributed by atoms with Gasteiger partial charge in [-0.25, -0.2) is 4.39 Å². The Bertz CT molecular complexity index is 923. The fourth-order valence-electron chi connectivity index (χ4n) is 4.27. The van der Waals surface area contributed by atoms with Crippen LogP contribution in [0.25, 0.3) is 11.1 Å². The molecule has 2 aliphatic heterocycles. The first kappa shape index (κ1) is 22.5. The molecule has 2 atom stereocenters. The molecule has 0 aliphatic carbocycles. The number of pyridine rings is 1. The molecule has 7 heteroatoms. The molecule has 1 spiro atoms. The lowest BCUT2D eigenvalue weighted by molar-refractivity contribution is -0.131. The van der Waals surface area contributed by atoms with Gasteiger partial charge in [-0.15, -0.1) is 12.4 Å². The molecule has 162 valence electrons. The summed E-state index contributed by atoms with van der Waals surface area (Å²) in [5.41, 5.74) is 1.64. The molecule has 30 heavy (non-hydrogen) atoms. The van der Waals surface area contributed by atoms with Crippen molar-refractivity contribution < 1.29 is 13.9 Å². The summed E-state index contributed by atoms with van der Waals surface area (Å²) in [7, 11) is 1.85. The lowest BCUT2D eigenvalue weighted by Crippen LogP contribution is -2.47. The molecule has 0 unspecified atom stereocenters. The Morgan fingerprint density at radius 1 is 1.30 bits per heavy atom. The fraction of sp³-hybridized carbons (Fsp3) is 0.478. The Labute approximate surface area is 183 Å². The molecule has 5 nitrogen and oxygen atoms in total. The van der Waals surface area contributed by atoms with E-state index in [0.29, 0.717) is 23.8 Å². The molecule has 3 heterocycles. The average molecular weight is 434 g/mol. The summed E-state index contributed by atoms with van der Waals surface area (Å²) >= 11 is 0. The number of ether oxygens (including phenoxy) is 1. The van der Waals surface area contributed by atoms with E-state index >= 15 is 0 Å². The van der Waals surface area contributed by atoms with Crippen LogP contribution in [0.3, 0.4) is 0 Å². The number of nitrogens with zero attached hydrogens (tertiary/aromatic N) is 2. The van der Waals surface area contributed by atoms with E-state index in [-0.39, 0.29) is 30.2 Å². The minimum atomic E-state index is -0.465. The summed E-state index contributed by atoms with van der Waals surface area (Å²) < 4.78 is 20.3. The number of likely N-dealkylation sites (tertiary alicyclic amines) is 1. The van der Waals surface area contributed by atoms with Crippen molar-refractivity contribution in [2.24, 2.45) is 5.92 Å². The third kappa shape index (κ3) is 4.30. The number of nitrogens with one attached hydrogen (secondary N) is 1. The van der Waals surface area contributed by atoms with Gasteiger partial charge in [0.1, 0.15) is 17.1 Å². The Hall–Kier alpha value is -2.18. The first-order valence-corrected chi connectivity index (χ1v) is 10.3. The van der Waals surface area contributed by atoms with Crippen LogP contribution in [0.4, 0.5) is 4.39 Å². The quantitative estimate of drug-likeness (QED) is 0.760. The Morgan fingerprint density at radius 3 is 2.80 bits per heavy atom. The standard InChI is InChI=1S/C23H28FN3O2.ClH/c1-15(2)14-29-17-4-5-19(24)18(13-17)16-7-10-25-21(12-16)20-6-8-23(26-20)9-11-27(3)22(23)28;/h4-5,7,10,12-13,15,20,26H,6,8-9,11,14H2,1-3H3;1H/t20-,23+;/m1./s1. The van der Waals surface area contributed by atoms with Crippen LogP contribution in [0.5, 0.6) is 5.75 Å². The first-order chi connectivity index (χ1) is 13.9. The zero-order valence-corrected chi connectivity index (χ0v) is 18.5. The summed E-state index contributed by atoms with van der Waals surface area (Å²) in [5, 5.41) is 3.53. The van der Waals surface area contributed by atoms with E-state index in [0.717, 1.165) is 37.1 Å². The van der Waals surface area contributed by atoms with Gasteiger partial charge in [0.25, 0.3) is 0 Å². The van der Waals surface area contributed by atoms with Crippen LogP contribution in [0.2, 0.25) is 0 Å². The smallest absolute Gasteiger partial charge is 0.242 e. The van der Waals surface area contributed by atoms with Gasteiger partial charge in [-0.2, -0.15) is 0 Å². The van der Waals surface area contributed by atoms with Gasteiger partial charge in [0.05, 0.1) is 18.3 Å². The highest BCUT2D eigenvalue weighted by Gasteiger charge is 2.50. The maximum Gasteiger partial charge on any atom is 0.242 e. The molecule has 2 saturated heterocycles. The molecule has 1 amide bonds. The zero-order valence-electron chi connectivity index (χ0n) is 17.7. The van der Waals surface area contributed by atoms with Crippen LogP contribution in [0, 0.1) is 11.7 Å². The maximum absolute atomic E-state index is 14.6. The third-order valence-corrected chi connectivity index (χ3v) is 5.91. The van der Waals surface area contributed by atoms with Gasteiger partial charge >= 0.3 is 0 Å². The van der Waals surface area contributed by atoms with Crippen molar-refractivity contribution in [2.75, 3.05) is 20.2 Å². The molecular weight excluding hydrogens is 405 g/mol. The van der Waals surface area contributed by atoms with E-state index in [1.54, 1.807) is 23.2 Å². The molecule has 2 fully saturated rings. The van der Waals surface area contributed by atoms with E-state index in [1.165, 1.54) is 6.07 Å². The Morgan fingerprint density at radius 2 is 2.10 bits per heavy atom. The van der Waals surface area contributed by atoms with Crippen molar-refractivity contribution in [1.29, 1.82) is 0 Å². The predicted octanol–water partition coefficient (Wildman–Crippen LogP) is 4.37. The van der Waals surface area contributed by atoms with E-state index in [2.05, 4.69) is 24.1 Å². The minimum absolute atomic E-state index is 0. The number of aromatic nitrogens is 1. The highest BCUT2D eigenvalue weighted by atomic mass is 35.5. The van der Waals surface area contributed by atoms with Crippen LogP contribution >= 0.6 is 12.4 Å². The Kier molecular flexibility index (Phi) is 6.68. The number of carbonyl (C=O) groups is 1. The van der Waals surface area contributed by atoms with Crippen LogP contribution in [0.15, 0.2) is 36.5 Å². The molecule has 0 bridgehead atoms. The Balaban J connectivity index is 0.00000256. The predicted molar refractivity (Wildman–Crippen MR) is 117 cm³/mol. The van der Waals surface area contributed by atoms with Crippen molar-refractivity contribution >= 4 is 18.3 Å². The largest absolute Gasteiger partial charge is 0.493 e. The van der Waals surface area contributed by atoms with Gasteiger partial charge < -0.3 is 9.64 Å². The third-order valence-electron chi connectivity index (χ3n) is 5.91. The van der Waals surface area contributed by atoms with Gasteiger partial charge in [0.15, 0.2) is 0 Å². The monoisotopic (exact) mass is 433 g/mol. The zero-order chi connectivity index (χ0) is 20.6. The molecule has 0 saturated carbocycles. The summed E-state index contributed by atoms with van der Waals surface area (Å²) in [5.74, 6) is 0.930. The molecular formula is C23H29ClFN3O2. The number of hydrogen-bond acceptors (Lipinski definition) is 4. The lowest BCUT2D eigenvalue weighted by Gasteiger charge is -2.23. The fourth-order valence-corrected chi connectivity index (χ4v) is 4.27. The molecule has 4 rings (SSSR count). The lowest BCUT2D eigenvalue weighted by atomic mass is 9.96. The maximum atomic E-state index is 14.6. The van der Waals surface area contributed by atoms with Gasteiger partial charge in [-0.1, -0.05) is 13.8 Å². The van der Waals surface area contributed by atoms with Crippen LogP contribution in [-0.2, 0) is 4.79 Å². The van der Waals surface area contributed by atoms with Crippen molar-refractivity contribution in [3.63, 3.8) is 0 Å². The van der Waals surface area contributed by atoms with Gasteiger partial charge in [0.2, 0.25) is 5.91 Å². The number of benzene rings is 1. The van der Waals surface area contributed by atoms with Crippen molar-refractivity contribution in [2.45, 2.75) is 44.7 Å². The second kappa shape index (κ2) is 8.90. The molecule has 0 radical (unpaired) electrons. The summed E-state index contributed by atoms with van der Waals surface area (Å²) in [6.45, 7) is 5.52. The summed E-state index contributed by atoms with van der Waals surface area (Å²) in [6.07, 6.45) is 4.18. The minimum Gasteiger partial charge on any atom is -0.493 e. The number of carbonyl (C=O) groups excluding carboxylic acids is 1. The summed E-state index contributed by atoms with van der Waals surface area (Å²) in [4.78, 5) is 18.9. The highest BCUT2D eigenvalue weighted by molar-refractivity contribution is 5.88. The van der Waals surface area contributed by atoms with Gasteiger partial charge in [-0.3, -0.25) is 15.1 Å². The SMILES string of the molecule is CC(C)COc1ccc(F)c(-c2ccnc([C@H]3CC[C@@]4(CCN(C)C4=O)N3)c2)c1.Cl. The number of rotatable bonds is 5. The average Bonchev–Trinajstić information content (AvgIpc) is 3.27. The highest BCUT2D eigenvalue weighted by Crippen LogP contribution is 2.39. The van der Waals surface area contributed by atoms with Crippen molar-refractivity contribution in [3.8, 4) is 16.9 Å². The molecule has 2 aromatic rings. The second-order valence-electron chi connectivity index (χ2n) is 8.61. The number of halogens is 2. The normalized spacial score (nSPS) is 23.3. The number of likely N-dealkylation sites (N-methyl/N-ethyl adjacent to an activating group) is 1. The van der Waals surface area contributed by atoms with Crippen molar-refractivity contribution in [3.05, 3.63) is 48.0 Å². The summed E-state index contributed by atoms with van der Waals surface area (Å²) in [6, 6.07) is 8.58. The van der Waals surface area contributed by atoms with Gasteiger partial charge in [0, 0.05) is 25.4 Å². The van der Waals surface area contributed by atoms with Crippen LogP contribution in [0.1, 0.15) is 44.8 Å².